The van der Waals surface area contributed by atoms with Gasteiger partial charge in [0.2, 0.25) is 11.8 Å². The highest BCUT2D eigenvalue weighted by Crippen LogP contribution is 2.70. The number of amides is 2. The number of nitrogens with zero attached hydrogens (tertiary/aromatic N) is 2. The van der Waals surface area contributed by atoms with Crippen molar-refractivity contribution in [3.63, 3.8) is 0 Å². The van der Waals surface area contributed by atoms with Crippen LogP contribution >= 0.6 is 0 Å². The first-order valence-corrected chi connectivity index (χ1v) is 20.3. The molecule has 2 amide bonds. The molecule has 0 bridgehead atoms. The van der Waals surface area contributed by atoms with E-state index in [0.29, 0.717) is 53.3 Å². The second kappa shape index (κ2) is 12.6. The minimum absolute atomic E-state index is 0.00565. The minimum Gasteiger partial charge on any atom is -0.357 e. The molecular weight excluding hydrogens is 600 g/mol. The maximum absolute atomic E-state index is 14.5. The Kier molecular flexibility index (Phi) is 8.84. The van der Waals surface area contributed by atoms with Gasteiger partial charge in [0.1, 0.15) is 17.9 Å². The third-order valence-corrected chi connectivity index (χ3v) is 16.4. The number of ketones is 1. The predicted molar refractivity (Wildman–Crippen MR) is 186 cm³/mol. The fraction of sp³-hybridized carbons (Fsp3) is 0.925. The first-order valence-electron chi connectivity index (χ1n) is 20.3. The number of piperidine rings is 3. The molecule has 4 saturated carbocycles. The second-order valence-electron chi connectivity index (χ2n) is 18.6. The van der Waals surface area contributed by atoms with E-state index in [2.05, 4.69) is 43.2 Å². The van der Waals surface area contributed by atoms with Crippen molar-refractivity contribution < 1.29 is 19.1 Å². The van der Waals surface area contributed by atoms with Gasteiger partial charge >= 0.3 is 0 Å². The van der Waals surface area contributed by atoms with Crippen LogP contribution in [-0.4, -0.2) is 84.0 Å². The smallest absolute Gasteiger partial charge is 0.232 e. The van der Waals surface area contributed by atoms with Crippen LogP contribution < -0.4 is 10.6 Å². The zero-order valence-corrected chi connectivity index (χ0v) is 30.4. The molecule has 8 rings (SSSR count). The van der Waals surface area contributed by atoms with E-state index in [4.69, 9.17) is 4.74 Å². The van der Waals surface area contributed by atoms with E-state index >= 15 is 0 Å². The second-order valence-corrected chi connectivity index (χ2v) is 18.6. The summed E-state index contributed by atoms with van der Waals surface area (Å²) in [4.78, 5) is 45.3. The quantitative estimate of drug-likeness (QED) is 0.384. The summed E-state index contributed by atoms with van der Waals surface area (Å²) in [6, 6.07) is 0.736. The molecule has 48 heavy (non-hydrogen) atoms. The van der Waals surface area contributed by atoms with Gasteiger partial charge in [-0.05, 0) is 125 Å². The molecule has 4 heterocycles. The third kappa shape index (κ3) is 5.43. The number of carbonyl (C=O) groups is 3. The zero-order valence-electron chi connectivity index (χ0n) is 30.4. The Labute approximate surface area is 289 Å². The normalized spacial score (nSPS) is 48.0. The molecule has 1 unspecified atom stereocenters. The number of ether oxygens (including phenoxy) is 1. The van der Waals surface area contributed by atoms with E-state index in [9.17, 15) is 14.4 Å². The molecule has 8 aliphatic rings. The standard InChI is InChI=1S/C40H64N4O4/c1-25-10-15-40(41-24-25)26(2)37-33(48-40)21-32-30-9-8-27-20-28(11-14-38(27,3)31(30)22-34(45)39(32,37)4)42-35(46)23-36(47)44-18-12-29(13-19-44)43-16-6-5-7-17-43/h25-33,37,41H,5-24H2,1-4H3,(H,42,46)/t25-,26-,27+,28?,30+,31-,32-,33-,37-,38-,39+,40+/m0/s1. The summed E-state index contributed by atoms with van der Waals surface area (Å²) >= 11 is 0. The van der Waals surface area contributed by atoms with E-state index in [0.717, 1.165) is 71.0 Å². The monoisotopic (exact) mass is 664 g/mol. The molecule has 4 aliphatic carbocycles. The first-order chi connectivity index (χ1) is 23.0. The Morgan fingerprint density at radius 2 is 1.69 bits per heavy atom. The van der Waals surface area contributed by atoms with Crippen molar-refractivity contribution in [1.29, 1.82) is 0 Å². The van der Waals surface area contributed by atoms with Gasteiger partial charge in [-0.3, -0.25) is 19.7 Å². The number of Topliss-reactive ketones (excluding diaryl/α,β-unsaturated/α-hetero) is 1. The lowest BCUT2D eigenvalue weighted by atomic mass is 9.44. The fourth-order valence-electron chi connectivity index (χ4n) is 13.6. The Morgan fingerprint density at radius 1 is 0.917 bits per heavy atom. The maximum atomic E-state index is 14.5. The van der Waals surface area contributed by atoms with Crippen LogP contribution in [-0.2, 0) is 19.1 Å². The molecule has 8 fully saturated rings. The van der Waals surface area contributed by atoms with Gasteiger partial charge in [0.15, 0.2) is 0 Å². The number of rotatable bonds is 4. The number of hydrogen-bond donors (Lipinski definition) is 2. The highest BCUT2D eigenvalue weighted by atomic mass is 16.5. The Bertz CT molecular complexity index is 1250. The molecule has 2 N–H and O–H groups in total. The highest BCUT2D eigenvalue weighted by Gasteiger charge is 2.71. The Balaban J connectivity index is 0.860. The Morgan fingerprint density at radius 3 is 2.42 bits per heavy atom. The molecule has 12 atom stereocenters. The van der Waals surface area contributed by atoms with E-state index in [1.807, 2.05) is 4.90 Å². The first kappa shape index (κ1) is 33.6. The van der Waals surface area contributed by atoms with Gasteiger partial charge in [0.05, 0.1) is 6.10 Å². The maximum Gasteiger partial charge on any atom is 0.232 e. The number of likely N-dealkylation sites (tertiary alicyclic amines) is 2. The van der Waals surface area contributed by atoms with Crippen LogP contribution in [0.15, 0.2) is 0 Å². The summed E-state index contributed by atoms with van der Waals surface area (Å²) in [5, 5.41) is 7.12. The van der Waals surface area contributed by atoms with Gasteiger partial charge in [-0.15, -0.1) is 0 Å². The van der Waals surface area contributed by atoms with Crippen molar-refractivity contribution in [2.75, 3.05) is 32.7 Å². The van der Waals surface area contributed by atoms with Crippen LogP contribution in [0.4, 0.5) is 0 Å². The van der Waals surface area contributed by atoms with Gasteiger partial charge in [-0.1, -0.05) is 34.1 Å². The molecule has 0 aromatic heterocycles. The largest absolute Gasteiger partial charge is 0.357 e. The fourth-order valence-corrected chi connectivity index (χ4v) is 13.6. The molecule has 0 radical (unpaired) electrons. The Hall–Kier alpha value is -1.51. The van der Waals surface area contributed by atoms with Crippen molar-refractivity contribution in [3.8, 4) is 0 Å². The average molecular weight is 665 g/mol. The van der Waals surface area contributed by atoms with Crippen LogP contribution in [0.1, 0.15) is 124 Å². The molecular formula is C40H64N4O4. The molecule has 8 heteroatoms. The van der Waals surface area contributed by atoms with Crippen LogP contribution in [0.2, 0.25) is 0 Å². The molecule has 268 valence electrons. The summed E-state index contributed by atoms with van der Waals surface area (Å²) in [5.41, 5.74) is -0.376. The summed E-state index contributed by atoms with van der Waals surface area (Å²) < 4.78 is 7.01. The topological polar surface area (TPSA) is 91.0 Å². The summed E-state index contributed by atoms with van der Waals surface area (Å²) in [7, 11) is 0. The summed E-state index contributed by atoms with van der Waals surface area (Å²) in [6.07, 6.45) is 15.6. The number of nitrogens with one attached hydrogen (secondary N) is 2. The van der Waals surface area contributed by atoms with Crippen LogP contribution in [0, 0.1) is 52.3 Å². The predicted octanol–water partition coefficient (Wildman–Crippen LogP) is 5.54. The lowest BCUT2D eigenvalue weighted by Gasteiger charge is -2.60. The van der Waals surface area contributed by atoms with Gasteiger partial charge in [0.25, 0.3) is 0 Å². The van der Waals surface area contributed by atoms with Crippen molar-refractivity contribution in [1.82, 2.24) is 20.4 Å². The molecule has 0 aromatic rings. The van der Waals surface area contributed by atoms with Crippen LogP contribution in [0.25, 0.3) is 0 Å². The number of hydrogen-bond acceptors (Lipinski definition) is 6. The van der Waals surface area contributed by atoms with E-state index in [1.54, 1.807) is 0 Å². The summed E-state index contributed by atoms with van der Waals surface area (Å²) in [5.74, 6) is 3.73. The van der Waals surface area contributed by atoms with Gasteiger partial charge in [-0.2, -0.15) is 0 Å². The summed E-state index contributed by atoms with van der Waals surface area (Å²) in [6.45, 7) is 14.5. The van der Waals surface area contributed by atoms with Crippen molar-refractivity contribution in [3.05, 3.63) is 0 Å². The van der Waals surface area contributed by atoms with E-state index < -0.39 is 0 Å². The highest BCUT2D eigenvalue weighted by molar-refractivity contribution is 5.97. The molecule has 8 nitrogen and oxygen atoms in total. The van der Waals surface area contributed by atoms with Gasteiger partial charge < -0.3 is 19.9 Å². The van der Waals surface area contributed by atoms with Crippen LogP contribution in [0.5, 0.6) is 0 Å². The van der Waals surface area contributed by atoms with Crippen molar-refractivity contribution in [2.45, 2.75) is 148 Å². The number of fused-ring (bicyclic) bond motifs is 7. The molecule has 1 spiro atoms. The third-order valence-electron chi connectivity index (χ3n) is 16.4. The van der Waals surface area contributed by atoms with Gasteiger partial charge in [0, 0.05) is 55.4 Å². The lowest BCUT2D eigenvalue weighted by molar-refractivity contribution is -0.160. The van der Waals surface area contributed by atoms with E-state index in [-0.39, 0.29) is 46.9 Å². The van der Waals surface area contributed by atoms with Gasteiger partial charge in [-0.25, -0.2) is 0 Å². The minimum atomic E-state index is -0.275. The molecule has 0 aromatic carbocycles. The molecule has 4 saturated heterocycles. The van der Waals surface area contributed by atoms with Crippen molar-refractivity contribution in [2.24, 2.45) is 52.3 Å². The lowest BCUT2D eigenvalue weighted by Crippen LogP contribution is -2.60. The van der Waals surface area contributed by atoms with Crippen molar-refractivity contribution >= 4 is 17.6 Å². The average Bonchev–Trinajstić information content (AvgIpc) is 3.53. The van der Waals surface area contributed by atoms with E-state index in [1.165, 1.54) is 51.6 Å². The molecule has 4 aliphatic heterocycles. The zero-order chi connectivity index (χ0) is 33.4. The SMILES string of the molecule is C[C@H]1CC[C@@]2(NC1)O[C@H]1C[C@H]3[C@@H]4CC[C@@H]5CC(NC(=O)CC(=O)N6CCC(N7CCCCC7)CC6)CC[C@]5(C)[C@H]4CC(=O)[C@]3(C)[C@H]1[C@@H]2C. The number of carbonyl (C=O) groups excluding carboxylic acids is 3. The van der Waals surface area contributed by atoms with Crippen LogP contribution in [0.3, 0.4) is 0 Å².